The molecule has 4 bridgehead atoms. The van der Waals surface area contributed by atoms with E-state index in [-0.39, 0.29) is 2.85 Å². The summed E-state index contributed by atoms with van der Waals surface area (Å²) in [7, 11) is 0. The van der Waals surface area contributed by atoms with Crippen LogP contribution < -0.4 is 0 Å². The summed E-state index contributed by atoms with van der Waals surface area (Å²) in [5.74, 6) is 0. The van der Waals surface area contributed by atoms with E-state index in [9.17, 15) is 0 Å². The third-order valence-electron chi connectivity index (χ3n) is 6.85. The van der Waals surface area contributed by atoms with Gasteiger partial charge in [0.1, 0.15) is 0 Å². The van der Waals surface area contributed by atoms with E-state index >= 15 is 0 Å². The minimum atomic E-state index is -1.00. The zero-order valence-corrected chi connectivity index (χ0v) is 22.6. The molecular formula is C30H21BrSZr. The predicted molar refractivity (Wildman–Crippen MR) is 141 cm³/mol. The molecule has 0 fully saturated rings. The molecule has 0 saturated heterocycles. The first-order valence-corrected chi connectivity index (χ1v) is 15.7. The first-order chi connectivity index (χ1) is 16.3. The molecule has 0 radical (unpaired) electrons. The fraction of sp³-hybridized carbons (Fsp3) is 0.0667. The average molecular weight is 585 g/mol. The van der Waals surface area contributed by atoms with Gasteiger partial charge in [-0.15, -0.1) is 0 Å². The van der Waals surface area contributed by atoms with Crippen LogP contribution in [0.15, 0.2) is 105 Å². The van der Waals surface area contributed by atoms with Crippen molar-refractivity contribution in [2.45, 2.75) is 17.0 Å². The van der Waals surface area contributed by atoms with Crippen LogP contribution >= 0.6 is 27.7 Å². The summed E-state index contributed by atoms with van der Waals surface area (Å²) in [6, 6.07) is 33.8. The molecule has 3 aliphatic rings. The summed E-state index contributed by atoms with van der Waals surface area (Å²) < 4.78 is 2.32. The van der Waals surface area contributed by atoms with E-state index in [0.29, 0.717) is 7.25 Å². The van der Waals surface area contributed by atoms with Gasteiger partial charge < -0.3 is 2.85 Å². The third kappa shape index (κ3) is 3.35. The second-order valence-corrected chi connectivity index (χ2v) is 14.4. The van der Waals surface area contributed by atoms with E-state index in [4.69, 9.17) is 0 Å². The van der Waals surface area contributed by atoms with Crippen LogP contribution in [0.4, 0.5) is 0 Å². The van der Waals surface area contributed by atoms with E-state index in [1.54, 1.807) is 11.1 Å². The molecule has 3 heteroatoms. The number of rotatable bonds is 3. The fourth-order valence-electron chi connectivity index (χ4n) is 5.37. The summed E-state index contributed by atoms with van der Waals surface area (Å²) in [6.45, 7) is 0. The van der Waals surface area contributed by atoms with E-state index in [2.05, 4.69) is 119 Å². The number of fused-ring (bicyclic) bond motifs is 4. The van der Waals surface area contributed by atoms with E-state index < -0.39 is 23.2 Å². The van der Waals surface area contributed by atoms with Crippen LogP contribution in [-0.4, -0.2) is 0 Å². The van der Waals surface area contributed by atoms with Crippen molar-refractivity contribution in [2.24, 2.45) is 0 Å². The van der Waals surface area contributed by atoms with Gasteiger partial charge in [0, 0.05) is 0 Å². The van der Waals surface area contributed by atoms with E-state index in [1.165, 1.54) is 47.7 Å². The van der Waals surface area contributed by atoms with Gasteiger partial charge in [0.15, 0.2) is 0 Å². The van der Waals surface area contributed by atoms with Gasteiger partial charge in [-0.2, -0.15) is 0 Å². The minimum Gasteiger partial charge on any atom is -1.00 e. The Morgan fingerprint density at radius 1 is 0.727 bits per heavy atom. The SMILES string of the molecule is Brc1cccc2c1[CH]([Zr+2][CH]1C3=Cc4c(cccc41)Sc1cccc3c1)C(c1ccccc1)=C2.[H-].[H-]. The Morgan fingerprint density at radius 3 is 2.42 bits per heavy atom. The average Bonchev–Trinajstić information content (AvgIpc) is 3.40. The standard InChI is InChI=1S/C15H10Br.C15H9S.Zr.2H/c16-15-8-4-7-12-9-13(10-14(12)15)11-5-2-1-3-6-11;1-3-10-8-13(5-1)16-15-6-2-4-11-7-12(10)9-14(11)15;;;/h1-10H;1-9H;;;/q;;+2;2*-1. The van der Waals surface area contributed by atoms with Gasteiger partial charge in [0.05, 0.1) is 0 Å². The maximum atomic E-state index is 3.92. The Labute approximate surface area is 221 Å². The maximum absolute atomic E-state index is 3.92. The van der Waals surface area contributed by atoms with Gasteiger partial charge in [0.25, 0.3) is 0 Å². The van der Waals surface area contributed by atoms with Crippen LogP contribution in [0.2, 0.25) is 0 Å². The second-order valence-electron chi connectivity index (χ2n) is 8.73. The molecule has 0 N–H and O–H groups in total. The molecule has 7 rings (SSSR count). The quantitative estimate of drug-likeness (QED) is 0.231. The first-order valence-electron chi connectivity index (χ1n) is 11.2. The molecule has 4 aromatic rings. The van der Waals surface area contributed by atoms with Crippen LogP contribution in [0, 0.1) is 0 Å². The summed E-state index contributed by atoms with van der Waals surface area (Å²) in [5.41, 5.74) is 11.7. The molecule has 2 aliphatic carbocycles. The monoisotopic (exact) mass is 582 g/mol. The molecule has 0 nitrogen and oxygen atoms in total. The normalized spacial score (nSPS) is 19.2. The summed E-state index contributed by atoms with van der Waals surface area (Å²) in [4.78, 5) is 2.75. The molecule has 158 valence electrons. The van der Waals surface area contributed by atoms with Crippen molar-refractivity contribution in [3.05, 3.63) is 129 Å². The Balaban J connectivity index is 0.00000127. The topological polar surface area (TPSA) is 0 Å². The predicted octanol–water partition coefficient (Wildman–Crippen LogP) is 9.11. The van der Waals surface area contributed by atoms with Crippen molar-refractivity contribution in [1.29, 1.82) is 0 Å². The van der Waals surface area contributed by atoms with E-state index in [1.807, 2.05) is 11.8 Å². The molecule has 2 unspecified atom stereocenters. The largest absolute Gasteiger partial charge is 1.00 e. The molecule has 33 heavy (non-hydrogen) atoms. The maximum Gasteiger partial charge on any atom is -1.00 e. The van der Waals surface area contributed by atoms with Crippen LogP contribution in [0.1, 0.15) is 43.5 Å². The Hall–Kier alpha value is -1.93. The molecule has 4 aromatic carbocycles. The number of hydrogen-bond donors (Lipinski definition) is 0. The van der Waals surface area contributed by atoms with Crippen LogP contribution in [0.5, 0.6) is 0 Å². The fourth-order valence-corrected chi connectivity index (χ4v) is 12.7. The van der Waals surface area contributed by atoms with Gasteiger partial charge in [0.2, 0.25) is 0 Å². The minimum absolute atomic E-state index is 0. The van der Waals surface area contributed by atoms with Crippen molar-refractivity contribution >= 4 is 51.0 Å². The molecule has 0 aromatic heterocycles. The third-order valence-corrected chi connectivity index (χ3v) is 13.3. The second kappa shape index (κ2) is 8.08. The van der Waals surface area contributed by atoms with Crippen LogP contribution in [-0.2, 0) is 23.2 Å². The Kier molecular flexibility index (Phi) is 5.01. The van der Waals surface area contributed by atoms with Crippen LogP contribution in [0.3, 0.4) is 0 Å². The Bertz CT molecular complexity index is 1500. The van der Waals surface area contributed by atoms with Crippen molar-refractivity contribution in [3.8, 4) is 0 Å². The van der Waals surface area contributed by atoms with Crippen molar-refractivity contribution in [3.63, 3.8) is 0 Å². The molecule has 0 saturated carbocycles. The van der Waals surface area contributed by atoms with Gasteiger partial charge in [-0.25, -0.2) is 0 Å². The number of benzene rings is 4. The Morgan fingerprint density at radius 2 is 1.52 bits per heavy atom. The number of halogens is 1. The van der Waals surface area contributed by atoms with Crippen molar-refractivity contribution < 1.29 is 26.1 Å². The smallest absolute Gasteiger partial charge is 1.00 e. The summed E-state index contributed by atoms with van der Waals surface area (Å²) >= 11 is 4.83. The molecular weight excluding hydrogens is 564 g/mol. The summed E-state index contributed by atoms with van der Waals surface area (Å²) in [6.07, 6.45) is 4.95. The zero-order valence-electron chi connectivity index (χ0n) is 19.8. The molecule has 2 atom stereocenters. The van der Waals surface area contributed by atoms with E-state index in [0.717, 1.165) is 0 Å². The number of allylic oxidation sites excluding steroid dienone is 2. The molecule has 1 aliphatic heterocycles. The zero-order chi connectivity index (χ0) is 21.9. The van der Waals surface area contributed by atoms with Crippen molar-refractivity contribution in [1.82, 2.24) is 0 Å². The van der Waals surface area contributed by atoms with Crippen molar-refractivity contribution in [2.75, 3.05) is 0 Å². The van der Waals surface area contributed by atoms with Crippen LogP contribution in [0.25, 0.3) is 23.3 Å². The first kappa shape index (κ1) is 20.4. The molecule has 1 heterocycles. The summed E-state index contributed by atoms with van der Waals surface area (Å²) in [5, 5.41) is 0. The number of hydrogen-bond acceptors (Lipinski definition) is 1. The van der Waals surface area contributed by atoms with Gasteiger partial charge >= 0.3 is 220 Å². The molecule has 0 spiro atoms. The van der Waals surface area contributed by atoms with Gasteiger partial charge in [-0.05, 0) is 0 Å². The van der Waals surface area contributed by atoms with Gasteiger partial charge in [-0.1, -0.05) is 0 Å². The van der Waals surface area contributed by atoms with Gasteiger partial charge in [-0.3, -0.25) is 0 Å². The molecule has 0 amide bonds.